The third kappa shape index (κ3) is 4.82. The van der Waals surface area contributed by atoms with Gasteiger partial charge in [-0.3, -0.25) is 0 Å². The van der Waals surface area contributed by atoms with Crippen molar-refractivity contribution in [1.82, 2.24) is 5.32 Å². The number of hydrogen-bond donors (Lipinski definition) is 1. The average molecular weight is 394 g/mol. The van der Waals surface area contributed by atoms with E-state index in [4.69, 9.17) is 21.4 Å². The SMILES string of the molecule is CC1=CC(NC(=O)[O-])=N[N+]1(Cc1cc(Cl)ccc1OCC(C)C)C(C)(C)C. The van der Waals surface area contributed by atoms with E-state index in [-0.39, 0.29) is 16.0 Å². The van der Waals surface area contributed by atoms with Gasteiger partial charge in [0.25, 0.3) is 0 Å². The number of carbonyl (C=O) groups is 1. The number of rotatable bonds is 5. The summed E-state index contributed by atoms with van der Waals surface area (Å²) < 4.78 is 6.20. The van der Waals surface area contributed by atoms with Crippen molar-refractivity contribution < 1.29 is 19.2 Å². The van der Waals surface area contributed by atoms with Crippen molar-refractivity contribution in [1.29, 1.82) is 0 Å². The summed E-state index contributed by atoms with van der Waals surface area (Å²) in [5.41, 5.74) is 1.51. The number of allylic oxidation sites excluding steroid dienone is 1. The van der Waals surface area contributed by atoms with Crippen LogP contribution in [0.2, 0.25) is 5.02 Å². The molecule has 27 heavy (non-hydrogen) atoms. The summed E-state index contributed by atoms with van der Waals surface area (Å²) in [5, 5.41) is 18.5. The number of carboxylic acid groups (broad SMARTS) is 1. The topological polar surface area (TPSA) is 73.8 Å². The van der Waals surface area contributed by atoms with Gasteiger partial charge in [0.1, 0.15) is 29.6 Å². The lowest BCUT2D eigenvalue weighted by molar-refractivity contribution is -0.953. The van der Waals surface area contributed by atoms with Gasteiger partial charge in [-0.2, -0.15) is 4.59 Å². The van der Waals surface area contributed by atoms with Crippen molar-refractivity contribution in [3.8, 4) is 5.75 Å². The number of amides is 1. The molecule has 6 nitrogen and oxygen atoms in total. The van der Waals surface area contributed by atoms with E-state index in [1.165, 1.54) is 0 Å². The standard InChI is InChI=1S/C20H28ClN3O3/c1-13(2)12-27-17-8-7-16(21)10-15(17)11-24(20(4,5)6)14(3)9-18(23-24)22-19(25)26/h7-10,13H,11-12H2,1-6H3,(H-,22,23,25,26). The van der Waals surface area contributed by atoms with Crippen LogP contribution >= 0.6 is 11.6 Å². The molecule has 1 unspecified atom stereocenters. The highest BCUT2D eigenvalue weighted by Gasteiger charge is 2.47. The second-order valence-corrected chi connectivity index (χ2v) is 8.68. The first-order valence-electron chi connectivity index (χ1n) is 9.01. The molecule has 0 aromatic heterocycles. The minimum Gasteiger partial charge on any atom is -0.530 e. The molecule has 1 aliphatic heterocycles. The zero-order chi connectivity index (χ0) is 20.4. The number of ether oxygens (including phenoxy) is 1. The van der Waals surface area contributed by atoms with Gasteiger partial charge in [0.15, 0.2) is 5.84 Å². The molecule has 7 heteroatoms. The van der Waals surface area contributed by atoms with Crippen LogP contribution in [-0.2, 0) is 6.54 Å². The summed E-state index contributed by atoms with van der Waals surface area (Å²) in [4.78, 5) is 11.0. The maximum Gasteiger partial charge on any atom is 0.193 e. The molecular weight excluding hydrogens is 366 g/mol. The van der Waals surface area contributed by atoms with Crippen LogP contribution in [0, 0.1) is 5.92 Å². The molecule has 2 rings (SSSR count). The van der Waals surface area contributed by atoms with Gasteiger partial charge in [-0.25, -0.2) is 0 Å². The van der Waals surface area contributed by atoms with E-state index in [2.05, 4.69) is 39.9 Å². The van der Waals surface area contributed by atoms with E-state index < -0.39 is 6.09 Å². The number of halogens is 1. The molecule has 1 heterocycles. The molecule has 0 radical (unpaired) electrons. The number of nitrogens with one attached hydrogen (secondary N) is 1. The molecule has 148 valence electrons. The van der Waals surface area contributed by atoms with Crippen LogP contribution in [0.3, 0.4) is 0 Å². The fraction of sp³-hybridized carbons (Fsp3) is 0.500. The Bertz CT molecular complexity index is 781. The molecule has 0 fully saturated rings. The van der Waals surface area contributed by atoms with Gasteiger partial charge >= 0.3 is 0 Å². The fourth-order valence-corrected chi connectivity index (χ4v) is 3.35. The number of benzene rings is 1. The maximum absolute atomic E-state index is 11.0. The number of nitrogens with zero attached hydrogens (tertiary/aromatic N) is 2. The van der Waals surface area contributed by atoms with E-state index >= 15 is 0 Å². The summed E-state index contributed by atoms with van der Waals surface area (Å²) in [6.45, 7) is 13.4. The molecule has 1 aromatic rings. The summed E-state index contributed by atoms with van der Waals surface area (Å²) in [6.07, 6.45) is 0.357. The fourth-order valence-electron chi connectivity index (χ4n) is 3.15. The van der Waals surface area contributed by atoms with E-state index in [1.807, 2.05) is 19.1 Å². The Morgan fingerprint density at radius 1 is 1.37 bits per heavy atom. The first kappa shape index (κ1) is 21.3. The highest BCUT2D eigenvalue weighted by Crippen LogP contribution is 2.40. The molecule has 0 bridgehead atoms. The monoisotopic (exact) mass is 393 g/mol. The second kappa shape index (κ2) is 7.90. The van der Waals surface area contributed by atoms with E-state index in [0.29, 0.717) is 24.1 Å². The predicted molar refractivity (Wildman–Crippen MR) is 105 cm³/mol. The zero-order valence-electron chi connectivity index (χ0n) is 16.8. The van der Waals surface area contributed by atoms with Gasteiger partial charge in [-0.1, -0.05) is 30.5 Å². The first-order valence-corrected chi connectivity index (χ1v) is 9.39. The van der Waals surface area contributed by atoms with Gasteiger partial charge in [0.05, 0.1) is 12.2 Å². The number of quaternary nitrogens is 1. The molecule has 0 saturated carbocycles. The molecule has 0 saturated heterocycles. The Labute approximate surface area is 166 Å². The lowest BCUT2D eigenvalue weighted by Gasteiger charge is -2.41. The van der Waals surface area contributed by atoms with Crippen LogP contribution in [0.1, 0.15) is 47.1 Å². The Balaban J connectivity index is 2.47. The van der Waals surface area contributed by atoms with Gasteiger partial charge in [-0.15, -0.1) is 0 Å². The van der Waals surface area contributed by atoms with Crippen LogP contribution in [0.25, 0.3) is 0 Å². The normalized spacial score (nSPS) is 19.7. The summed E-state index contributed by atoms with van der Waals surface area (Å²) in [6, 6.07) is 5.56. The predicted octanol–water partition coefficient (Wildman–Crippen LogP) is 3.65. The largest absolute Gasteiger partial charge is 0.530 e. The third-order valence-electron chi connectivity index (χ3n) is 4.54. The first-order chi connectivity index (χ1) is 12.4. The van der Waals surface area contributed by atoms with Gasteiger partial charge in [-0.05, 0) is 44.9 Å². The van der Waals surface area contributed by atoms with E-state index in [0.717, 1.165) is 17.0 Å². The van der Waals surface area contributed by atoms with Crippen molar-refractivity contribution >= 4 is 23.5 Å². The summed E-state index contributed by atoms with van der Waals surface area (Å²) >= 11 is 6.25. The molecule has 0 aliphatic carbocycles. The van der Waals surface area contributed by atoms with E-state index in [1.54, 1.807) is 12.1 Å². The lowest BCUT2D eigenvalue weighted by Crippen LogP contribution is -2.53. The smallest absolute Gasteiger partial charge is 0.193 e. The Hall–Kier alpha value is -2.05. The Morgan fingerprint density at radius 2 is 2.04 bits per heavy atom. The molecule has 1 aliphatic rings. The number of carbonyl (C=O) groups excluding carboxylic acids is 1. The van der Waals surface area contributed by atoms with Crippen molar-refractivity contribution in [2.24, 2.45) is 11.0 Å². The molecule has 1 N–H and O–H groups in total. The molecular formula is C20H28ClN3O3. The summed E-state index contributed by atoms with van der Waals surface area (Å²) in [5.74, 6) is 1.43. The minimum absolute atomic E-state index is 0.209. The quantitative estimate of drug-likeness (QED) is 0.776. The average Bonchev–Trinajstić information content (AvgIpc) is 2.81. The molecule has 1 aromatic carbocycles. The second-order valence-electron chi connectivity index (χ2n) is 8.24. The van der Waals surface area contributed by atoms with Gasteiger partial charge in [0.2, 0.25) is 0 Å². The molecule has 0 spiro atoms. The van der Waals surface area contributed by atoms with Crippen LogP contribution in [0.4, 0.5) is 4.79 Å². The van der Waals surface area contributed by atoms with Crippen LogP contribution in [0.15, 0.2) is 35.1 Å². The maximum atomic E-state index is 11.0. The highest BCUT2D eigenvalue weighted by atomic mass is 35.5. The summed E-state index contributed by atoms with van der Waals surface area (Å²) in [7, 11) is 0. The minimum atomic E-state index is -1.38. The van der Waals surface area contributed by atoms with Crippen molar-refractivity contribution in [3.05, 3.63) is 40.6 Å². The molecule has 1 amide bonds. The van der Waals surface area contributed by atoms with Crippen molar-refractivity contribution in [2.75, 3.05) is 6.61 Å². The van der Waals surface area contributed by atoms with E-state index in [9.17, 15) is 9.90 Å². The lowest BCUT2D eigenvalue weighted by atomic mass is 10.0. The number of amidine groups is 1. The van der Waals surface area contributed by atoms with Gasteiger partial charge in [0, 0.05) is 18.0 Å². The highest BCUT2D eigenvalue weighted by molar-refractivity contribution is 6.30. The number of hydrogen-bond acceptors (Lipinski definition) is 4. The van der Waals surface area contributed by atoms with Crippen molar-refractivity contribution in [3.63, 3.8) is 0 Å². The molecule has 1 atom stereocenters. The zero-order valence-corrected chi connectivity index (χ0v) is 17.6. The Kier molecular flexibility index (Phi) is 6.22. The van der Waals surface area contributed by atoms with Crippen LogP contribution in [0.5, 0.6) is 5.75 Å². The van der Waals surface area contributed by atoms with Gasteiger partial charge < -0.3 is 20.0 Å². The Morgan fingerprint density at radius 3 is 2.59 bits per heavy atom. The van der Waals surface area contributed by atoms with Crippen LogP contribution in [-0.4, -0.2) is 28.7 Å². The third-order valence-corrected chi connectivity index (χ3v) is 4.78. The van der Waals surface area contributed by atoms with Crippen molar-refractivity contribution in [2.45, 2.75) is 53.6 Å². The van der Waals surface area contributed by atoms with Crippen LogP contribution < -0.4 is 15.2 Å².